The third kappa shape index (κ3) is 18.9. The number of hydrogen-bond acceptors (Lipinski definition) is 1. The first-order valence-electron chi connectivity index (χ1n) is 9.25. The second kappa shape index (κ2) is 18.0. The van der Waals surface area contributed by atoms with E-state index in [0.717, 1.165) is 19.3 Å². The van der Waals surface area contributed by atoms with Crippen LogP contribution in [-0.4, -0.2) is 11.1 Å². The molecule has 0 radical (unpaired) electrons. The predicted molar refractivity (Wildman–Crippen MR) is 96.2 cm³/mol. The molecule has 22 heavy (non-hydrogen) atoms. The average molecular weight is 309 g/mol. The van der Waals surface area contributed by atoms with E-state index in [4.69, 9.17) is 5.11 Å². The maximum Gasteiger partial charge on any atom is 0.303 e. The van der Waals surface area contributed by atoms with Gasteiger partial charge in [-0.3, -0.25) is 4.79 Å². The first kappa shape index (κ1) is 20.9. The van der Waals surface area contributed by atoms with Crippen molar-refractivity contribution in [2.75, 3.05) is 0 Å². The van der Waals surface area contributed by atoms with E-state index in [1.54, 1.807) is 0 Å². The summed E-state index contributed by atoms with van der Waals surface area (Å²) >= 11 is 0. The minimum absolute atomic E-state index is 0.338. The molecule has 0 aliphatic carbocycles. The van der Waals surface area contributed by atoms with Crippen LogP contribution in [-0.2, 0) is 4.79 Å². The first-order chi connectivity index (χ1) is 10.8. The number of carbonyl (C=O) groups is 1. The molecular formula is C20H36O2. The van der Waals surface area contributed by atoms with Gasteiger partial charge in [0.05, 0.1) is 0 Å². The monoisotopic (exact) mass is 308 g/mol. The number of carboxylic acid groups (broad SMARTS) is 1. The minimum atomic E-state index is -0.659. The zero-order valence-electron chi connectivity index (χ0n) is 14.6. The summed E-state index contributed by atoms with van der Waals surface area (Å²) < 4.78 is 0. The molecule has 128 valence electrons. The molecular weight excluding hydrogens is 272 g/mol. The summed E-state index contributed by atoms with van der Waals surface area (Å²) in [6.07, 6.45) is 25.4. The van der Waals surface area contributed by atoms with Crippen molar-refractivity contribution in [1.29, 1.82) is 0 Å². The van der Waals surface area contributed by atoms with Crippen molar-refractivity contribution >= 4 is 5.97 Å². The van der Waals surface area contributed by atoms with E-state index < -0.39 is 5.97 Å². The number of carboxylic acids is 1. The highest BCUT2D eigenvalue weighted by Crippen LogP contribution is 2.12. The van der Waals surface area contributed by atoms with Crippen LogP contribution < -0.4 is 0 Å². The lowest BCUT2D eigenvalue weighted by atomic mass is 10.0. The molecule has 2 nitrogen and oxygen atoms in total. The van der Waals surface area contributed by atoms with Gasteiger partial charge in [0.15, 0.2) is 0 Å². The highest BCUT2D eigenvalue weighted by molar-refractivity contribution is 5.66. The number of rotatable bonds is 16. The van der Waals surface area contributed by atoms with Gasteiger partial charge in [0, 0.05) is 6.42 Å². The normalized spacial score (nSPS) is 11.7. The van der Waals surface area contributed by atoms with E-state index in [1.165, 1.54) is 64.2 Å². The van der Waals surface area contributed by atoms with E-state index in [0.29, 0.717) is 6.42 Å². The Balaban J connectivity index is 3.05. The molecule has 0 rings (SSSR count). The Bertz CT molecular complexity index is 292. The summed E-state index contributed by atoms with van der Waals surface area (Å²) in [5.74, 6) is -0.659. The minimum Gasteiger partial charge on any atom is -0.481 e. The molecule has 0 unspecified atom stereocenters. The van der Waals surface area contributed by atoms with E-state index >= 15 is 0 Å². The Kier molecular flexibility index (Phi) is 17.1. The van der Waals surface area contributed by atoms with Gasteiger partial charge in [0.1, 0.15) is 0 Å². The van der Waals surface area contributed by atoms with Crippen LogP contribution in [0.4, 0.5) is 0 Å². The fourth-order valence-corrected chi connectivity index (χ4v) is 2.56. The van der Waals surface area contributed by atoms with Crippen LogP contribution in [0.5, 0.6) is 0 Å². The molecule has 0 aromatic rings. The van der Waals surface area contributed by atoms with Gasteiger partial charge in [0.25, 0.3) is 0 Å². The van der Waals surface area contributed by atoms with Crippen molar-refractivity contribution in [3.8, 4) is 0 Å². The van der Waals surface area contributed by atoms with Gasteiger partial charge in [-0.15, -0.1) is 0 Å². The molecule has 0 spiro atoms. The third-order valence-electron chi connectivity index (χ3n) is 3.94. The summed E-state index contributed by atoms with van der Waals surface area (Å²) in [7, 11) is 0. The lowest BCUT2D eigenvalue weighted by molar-refractivity contribution is -0.137. The molecule has 0 saturated heterocycles. The van der Waals surface area contributed by atoms with Crippen molar-refractivity contribution in [3.63, 3.8) is 0 Å². The van der Waals surface area contributed by atoms with Crippen molar-refractivity contribution in [1.82, 2.24) is 0 Å². The van der Waals surface area contributed by atoms with Crippen molar-refractivity contribution in [3.05, 3.63) is 24.3 Å². The Morgan fingerprint density at radius 2 is 1.23 bits per heavy atom. The van der Waals surface area contributed by atoms with Gasteiger partial charge in [-0.05, 0) is 32.6 Å². The third-order valence-corrected chi connectivity index (χ3v) is 3.94. The fraction of sp³-hybridized carbons (Fsp3) is 0.750. The van der Waals surface area contributed by atoms with Crippen LogP contribution in [0.3, 0.4) is 0 Å². The van der Waals surface area contributed by atoms with Crippen molar-refractivity contribution in [2.45, 2.75) is 96.8 Å². The van der Waals surface area contributed by atoms with Crippen LogP contribution >= 0.6 is 0 Å². The van der Waals surface area contributed by atoms with E-state index in [9.17, 15) is 4.79 Å². The second-order valence-electron chi connectivity index (χ2n) is 6.10. The predicted octanol–water partition coefficient (Wildman–Crippen LogP) is 6.66. The van der Waals surface area contributed by atoms with Crippen molar-refractivity contribution < 1.29 is 9.90 Å². The number of aliphatic carboxylic acids is 1. The molecule has 0 bridgehead atoms. The lowest BCUT2D eigenvalue weighted by Gasteiger charge is -2.02. The Morgan fingerprint density at radius 3 is 1.73 bits per heavy atom. The molecule has 0 saturated carbocycles. The maximum absolute atomic E-state index is 10.4. The van der Waals surface area contributed by atoms with Crippen LogP contribution in [0, 0.1) is 0 Å². The molecule has 0 amide bonds. The summed E-state index contributed by atoms with van der Waals surface area (Å²) in [5, 5.41) is 8.53. The second-order valence-corrected chi connectivity index (χ2v) is 6.10. The molecule has 0 atom stereocenters. The molecule has 0 heterocycles. The van der Waals surface area contributed by atoms with Crippen LogP contribution in [0.1, 0.15) is 96.8 Å². The van der Waals surface area contributed by atoms with Crippen molar-refractivity contribution in [2.24, 2.45) is 0 Å². The topological polar surface area (TPSA) is 37.3 Å². The molecule has 0 aliphatic rings. The van der Waals surface area contributed by atoms with E-state index in [2.05, 4.69) is 31.2 Å². The van der Waals surface area contributed by atoms with Crippen LogP contribution in [0.15, 0.2) is 24.3 Å². The number of hydrogen-bond donors (Lipinski definition) is 1. The average Bonchev–Trinajstić information content (AvgIpc) is 2.50. The molecule has 0 fully saturated rings. The highest BCUT2D eigenvalue weighted by Gasteiger charge is 1.96. The number of unbranched alkanes of at least 4 members (excludes halogenated alkanes) is 11. The van der Waals surface area contributed by atoms with E-state index in [1.807, 2.05) is 0 Å². The molecule has 1 N–H and O–H groups in total. The van der Waals surface area contributed by atoms with Gasteiger partial charge in [-0.25, -0.2) is 0 Å². The standard InChI is InChI=1S/C20H36O2/c1-2-3-4-5-6-7-8-9-10-11-12-13-14-15-16-17-18-19-20(21)22/h2-3,5-6H,4,7-19H2,1H3,(H,21,22)/b3-2+,6-5+. The van der Waals surface area contributed by atoms with E-state index in [-0.39, 0.29) is 0 Å². The molecule has 2 heteroatoms. The zero-order valence-corrected chi connectivity index (χ0v) is 14.6. The molecule has 0 aromatic heterocycles. The summed E-state index contributed by atoms with van der Waals surface area (Å²) in [5.41, 5.74) is 0. The Hall–Kier alpha value is -1.05. The Morgan fingerprint density at radius 1 is 0.727 bits per heavy atom. The summed E-state index contributed by atoms with van der Waals surface area (Å²) in [4.78, 5) is 10.4. The van der Waals surface area contributed by atoms with Crippen LogP contribution in [0.25, 0.3) is 0 Å². The van der Waals surface area contributed by atoms with Gasteiger partial charge in [0.2, 0.25) is 0 Å². The number of allylic oxidation sites excluding steroid dienone is 4. The first-order valence-corrected chi connectivity index (χ1v) is 9.25. The largest absolute Gasteiger partial charge is 0.481 e. The van der Waals surface area contributed by atoms with Gasteiger partial charge >= 0.3 is 5.97 Å². The van der Waals surface area contributed by atoms with Gasteiger partial charge in [-0.1, -0.05) is 82.1 Å². The zero-order chi connectivity index (χ0) is 16.3. The molecule has 0 aliphatic heterocycles. The van der Waals surface area contributed by atoms with Crippen LogP contribution in [0.2, 0.25) is 0 Å². The van der Waals surface area contributed by atoms with Gasteiger partial charge < -0.3 is 5.11 Å². The van der Waals surface area contributed by atoms with Gasteiger partial charge in [-0.2, -0.15) is 0 Å². The smallest absolute Gasteiger partial charge is 0.303 e. The lowest BCUT2D eigenvalue weighted by Crippen LogP contribution is -1.93. The summed E-state index contributed by atoms with van der Waals surface area (Å²) in [6, 6.07) is 0. The molecule has 0 aromatic carbocycles. The quantitative estimate of drug-likeness (QED) is 0.255. The Labute approximate surface area is 137 Å². The fourth-order valence-electron chi connectivity index (χ4n) is 2.56. The summed E-state index contributed by atoms with van der Waals surface area (Å²) in [6.45, 7) is 2.06. The SMILES string of the molecule is C/C=C/C/C=C/CCCCCCCCCCCCCC(=O)O. The maximum atomic E-state index is 10.4. The highest BCUT2D eigenvalue weighted by atomic mass is 16.4.